The van der Waals surface area contributed by atoms with E-state index in [9.17, 15) is 35.0 Å². The van der Waals surface area contributed by atoms with Crippen molar-refractivity contribution in [2.24, 2.45) is 0 Å². The van der Waals surface area contributed by atoms with Crippen LogP contribution in [0.2, 0.25) is 0 Å². The minimum Gasteiger partial charge on any atom is -0.743 e. The maximum absolute atomic E-state index is 13.2. The number of hydrogen-bond donors (Lipinski definition) is 0. The molecule has 168 valence electrons. The first kappa shape index (κ1) is 25.9. The number of carbonyl (C=O) groups is 1. The fraction of sp³-hybridized carbons (Fsp3) is 0.118. The largest absolute Gasteiger partial charge is 0.743 e. The van der Waals surface area contributed by atoms with Crippen molar-refractivity contribution in [2.75, 3.05) is 6.61 Å². The number of carbonyl (C=O) groups excluding carboxylic acids is 1. The van der Waals surface area contributed by atoms with Crippen LogP contribution in [0.15, 0.2) is 47.9 Å². The molecule has 2 aromatic carbocycles. The van der Waals surface area contributed by atoms with Crippen molar-refractivity contribution >= 4 is 77.5 Å². The van der Waals surface area contributed by atoms with Crippen LogP contribution in [0.4, 0.5) is 8.78 Å². The van der Waals surface area contributed by atoms with Gasteiger partial charge in [-0.3, -0.25) is 0 Å². The fourth-order valence-corrected chi connectivity index (χ4v) is 5.45. The molecule has 0 heterocycles. The summed E-state index contributed by atoms with van der Waals surface area (Å²) in [5.74, 6) is -1.45. The van der Waals surface area contributed by atoms with E-state index in [2.05, 4.69) is 11.3 Å². The van der Waals surface area contributed by atoms with Gasteiger partial charge in [-0.25, -0.2) is 13.2 Å². The van der Waals surface area contributed by atoms with Crippen molar-refractivity contribution in [3.05, 3.63) is 61.2 Å². The van der Waals surface area contributed by atoms with Crippen LogP contribution in [0.5, 0.6) is 5.75 Å². The molecule has 0 amide bonds. The second-order valence-electron chi connectivity index (χ2n) is 5.75. The van der Waals surface area contributed by atoms with Gasteiger partial charge in [0.15, 0.2) is 22.5 Å². The Kier molecular flexibility index (Phi) is 8.05. The van der Waals surface area contributed by atoms with Crippen molar-refractivity contribution in [1.29, 1.82) is 0 Å². The highest BCUT2D eigenvalue weighted by Gasteiger charge is 2.39. The molecule has 0 saturated carbocycles. The Labute approximate surface area is 203 Å². The van der Waals surface area contributed by atoms with Crippen LogP contribution in [0.1, 0.15) is 15.9 Å². The fourth-order valence-electron chi connectivity index (χ4n) is 1.99. The quantitative estimate of drug-likeness (QED) is 0.177. The Bertz CT molecular complexity index is 1200. The third kappa shape index (κ3) is 6.33. The molecule has 2 aromatic rings. The van der Waals surface area contributed by atoms with Gasteiger partial charge in [-0.2, -0.15) is 17.2 Å². The maximum Gasteiger partial charge on any atom is 0.367 e. The zero-order valence-electron chi connectivity index (χ0n) is 15.1. The molecule has 0 fully saturated rings. The molecular formula is C17H11F2I2O8S2-. The van der Waals surface area contributed by atoms with E-state index in [-0.39, 0.29) is 23.3 Å². The SMILES string of the molecule is C=Cc1ccc(S(=O)(=O)Oc2c(I)cc(C(=O)OCC(F)(F)S(=O)(=O)[O-])cc2I)cc1. The summed E-state index contributed by atoms with van der Waals surface area (Å²) in [7, 11) is -10.2. The molecule has 0 aliphatic carbocycles. The average molecular weight is 699 g/mol. The lowest BCUT2D eigenvalue weighted by Crippen LogP contribution is -2.34. The van der Waals surface area contributed by atoms with Gasteiger partial charge < -0.3 is 13.5 Å². The van der Waals surface area contributed by atoms with Gasteiger partial charge in [-0.15, -0.1) is 0 Å². The zero-order chi connectivity index (χ0) is 23.6. The molecule has 8 nitrogen and oxygen atoms in total. The van der Waals surface area contributed by atoms with Crippen LogP contribution in [-0.4, -0.2) is 39.2 Å². The highest BCUT2D eigenvalue weighted by atomic mass is 127. The molecule has 0 aliphatic rings. The second-order valence-corrected chi connectivity index (χ2v) is 11.1. The van der Waals surface area contributed by atoms with E-state index in [1.54, 1.807) is 45.2 Å². The number of rotatable bonds is 8. The molecule has 0 aromatic heterocycles. The van der Waals surface area contributed by atoms with E-state index in [1.165, 1.54) is 30.3 Å². The predicted octanol–water partition coefficient (Wildman–Crippen LogP) is 3.60. The summed E-state index contributed by atoms with van der Waals surface area (Å²) in [6.45, 7) is 1.61. The summed E-state index contributed by atoms with van der Waals surface area (Å²) in [5, 5.41) is -4.79. The van der Waals surface area contributed by atoms with Gasteiger partial charge in [-0.05, 0) is 75.0 Å². The minimum absolute atomic E-state index is 0.113. The topological polar surface area (TPSA) is 127 Å². The Morgan fingerprint density at radius 1 is 1.10 bits per heavy atom. The normalized spacial score (nSPS) is 12.3. The lowest BCUT2D eigenvalue weighted by Gasteiger charge is -2.19. The molecule has 0 aliphatic heterocycles. The van der Waals surface area contributed by atoms with E-state index in [0.29, 0.717) is 5.56 Å². The van der Waals surface area contributed by atoms with E-state index in [0.717, 1.165) is 12.1 Å². The van der Waals surface area contributed by atoms with E-state index >= 15 is 0 Å². The van der Waals surface area contributed by atoms with Crippen LogP contribution < -0.4 is 4.18 Å². The molecule has 0 unspecified atom stereocenters. The van der Waals surface area contributed by atoms with Crippen molar-refractivity contribution in [1.82, 2.24) is 0 Å². The number of esters is 1. The third-order valence-electron chi connectivity index (χ3n) is 3.57. The Morgan fingerprint density at radius 3 is 2.06 bits per heavy atom. The molecule has 0 atom stereocenters. The lowest BCUT2D eigenvalue weighted by molar-refractivity contribution is -0.00998. The van der Waals surface area contributed by atoms with E-state index < -0.39 is 38.1 Å². The number of halogens is 4. The van der Waals surface area contributed by atoms with Crippen molar-refractivity contribution in [3.8, 4) is 5.75 Å². The first-order chi connectivity index (χ1) is 14.2. The lowest BCUT2D eigenvalue weighted by atomic mass is 10.2. The molecule has 0 bridgehead atoms. The number of hydrogen-bond acceptors (Lipinski definition) is 8. The van der Waals surface area contributed by atoms with Gasteiger partial charge >= 0.3 is 21.3 Å². The Balaban J connectivity index is 2.25. The van der Waals surface area contributed by atoms with Crippen molar-refractivity contribution < 1.29 is 43.9 Å². The number of ether oxygens (including phenoxy) is 1. The molecule has 0 spiro atoms. The maximum atomic E-state index is 13.2. The van der Waals surface area contributed by atoms with Gasteiger partial charge in [0.25, 0.3) is 0 Å². The molecule has 14 heteroatoms. The van der Waals surface area contributed by atoms with Gasteiger partial charge in [0, 0.05) is 0 Å². The summed E-state index contributed by atoms with van der Waals surface area (Å²) in [4.78, 5) is 11.8. The smallest absolute Gasteiger partial charge is 0.367 e. The average Bonchev–Trinajstić information content (AvgIpc) is 2.68. The van der Waals surface area contributed by atoms with Gasteiger partial charge in [0.2, 0.25) is 0 Å². The molecule has 0 N–H and O–H groups in total. The number of alkyl halides is 2. The molecule has 0 saturated heterocycles. The van der Waals surface area contributed by atoms with Crippen LogP contribution in [0.25, 0.3) is 6.08 Å². The number of benzene rings is 2. The minimum atomic E-state index is -6.01. The monoisotopic (exact) mass is 699 g/mol. The molecule has 0 radical (unpaired) electrons. The van der Waals surface area contributed by atoms with Crippen molar-refractivity contribution in [3.63, 3.8) is 0 Å². The van der Waals surface area contributed by atoms with Gasteiger partial charge in [0.05, 0.1) is 12.7 Å². The summed E-state index contributed by atoms with van der Waals surface area (Å²) >= 11 is 3.33. The van der Waals surface area contributed by atoms with E-state index in [4.69, 9.17) is 4.18 Å². The third-order valence-corrected chi connectivity index (χ3v) is 7.26. The van der Waals surface area contributed by atoms with Gasteiger partial charge in [0.1, 0.15) is 4.90 Å². The van der Waals surface area contributed by atoms with Gasteiger partial charge in [-0.1, -0.05) is 24.8 Å². The first-order valence-corrected chi connectivity index (χ1v) is 12.8. The second kappa shape index (κ2) is 9.63. The van der Waals surface area contributed by atoms with Crippen LogP contribution in [0.3, 0.4) is 0 Å². The molecule has 31 heavy (non-hydrogen) atoms. The summed E-state index contributed by atoms with van der Waals surface area (Å²) < 4.78 is 92.4. The molecule has 2 rings (SSSR count). The Morgan fingerprint density at radius 2 is 1.61 bits per heavy atom. The molecular weight excluding hydrogens is 688 g/mol. The first-order valence-electron chi connectivity index (χ1n) is 7.84. The highest BCUT2D eigenvalue weighted by Crippen LogP contribution is 2.32. The van der Waals surface area contributed by atoms with Crippen LogP contribution in [-0.2, 0) is 25.0 Å². The zero-order valence-corrected chi connectivity index (χ0v) is 21.0. The van der Waals surface area contributed by atoms with Crippen LogP contribution >= 0.6 is 45.2 Å². The summed E-state index contributed by atoms with van der Waals surface area (Å²) in [6, 6.07) is 7.89. The Hall–Kier alpha value is -1.37. The summed E-state index contributed by atoms with van der Waals surface area (Å²) in [5.41, 5.74) is 0.411. The van der Waals surface area contributed by atoms with E-state index in [1.807, 2.05) is 0 Å². The highest BCUT2D eigenvalue weighted by molar-refractivity contribution is 14.1. The van der Waals surface area contributed by atoms with Crippen LogP contribution in [0, 0.1) is 7.14 Å². The standard InChI is InChI=1S/C17H12F2I2O8S2/c1-2-10-3-5-12(6-4-10)30(23,24)29-15-13(20)7-11(8-14(15)21)16(22)28-9-17(18,19)31(25,26)27/h2-8H,1,9H2,(H,25,26,27)/p-1. The van der Waals surface area contributed by atoms with Crippen molar-refractivity contribution in [2.45, 2.75) is 10.2 Å². The predicted molar refractivity (Wildman–Crippen MR) is 121 cm³/mol. The summed E-state index contributed by atoms with van der Waals surface area (Å²) in [6.07, 6.45) is 1.53.